The van der Waals surface area contributed by atoms with Gasteiger partial charge in [-0.1, -0.05) is 23.2 Å². The van der Waals surface area contributed by atoms with Crippen molar-refractivity contribution >= 4 is 40.7 Å². The molecule has 0 unspecified atom stereocenters. The molecule has 1 fully saturated rings. The Bertz CT molecular complexity index is 461. The van der Waals surface area contributed by atoms with Gasteiger partial charge in [-0.2, -0.15) is 0 Å². The lowest BCUT2D eigenvalue weighted by atomic mass is 10.4. The van der Waals surface area contributed by atoms with Crippen LogP contribution in [0.4, 0.5) is 11.6 Å². The number of nitrogens with two attached hydrogens (primary N) is 1. The lowest BCUT2D eigenvalue weighted by Crippen LogP contribution is -2.33. The third kappa shape index (κ3) is 2.97. The highest BCUT2D eigenvalue weighted by molar-refractivity contribution is 6.37. The number of halogens is 2. The molecule has 0 aromatic carbocycles. The first-order valence-electron chi connectivity index (χ1n) is 5.71. The standard InChI is InChI=1S/C11H14Cl2N4O/c12-7-5-8(13)11(16-10(7)14)15-6-9(18)17-3-1-2-4-17/h5H,1-4,6H2,(H3,14,15,16). The Kier molecular flexibility index (Phi) is 4.14. The number of carbonyl (C=O) groups excluding carboxylic acids is 1. The molecule has 98 valence electrons. The number of hydrogen-bond donors (Lipinski definition) is 2. The van der Waals surface area contributed by atoms with E-state index in [0.717, 1.165) is 25.9 Å². The lowest BCUT2D eigenvalue weighted by Gasteiger charge is -2.16. The van der Waals surface area contributed by atoms with Crippen LogP contribution in [-0.2, 0) is 4.79 Å². The van der Waals surface area contributed by atoms with Crippen LogP contribution in [0.15, 0.2) is 6.07 Å². The second-order valence-corrected chi connectivity index (χ2v) is 4.94. The minimum atomic E-state index is 0.0406. The number of anilines is 2. The summed E-state index contributed by atoms with van der Waals surface area (Å²) >= 11 is 11.7. The molecule has 1 aromatic rings. The van der Waals surface area contributed by atoms with E-state index in [4.69, 9.17) is 28.9 Å². The molecule has 0 saturated carbocycles. The van der Waals surface area contributed by atoms with Crippen LogP contribution in [0, 0.1) is 0 Å². The van der Waals surface area contributed by atoms with Crippen molar-refractivity contribution in [2.45, 2.75) is 12.8 Å². The minimum Gasteiger partial charge on any atom is -0.382 e. The van der Waals surface area contributed by atoms with Crippen LogP contribution in [0.5, 0.6) is 0 Å². The van der Waals surface area contributed by atoms with Crippen LogP contribution in [0.3, 0.4) is 0 Å². The predicted molar refractivity (Wildman–Crippen MR) is 73.0 cm³/mol. The Morgan fingerprint density at radius 3 is 2.72 bits per heavy atom. The number of pyridine rings is 1. The largest absolute Gasteiger partial charge is 0.382 e. The summed E-state index contributed by atoms with van der Waals surface area (Å²) in [5.41, 5.74) is 5.58. The summed E-state index contributed by atoms with van der Waals surface area (Å²) in [5, 5.41) is 3.54. The van der Waals surface area contributed by atoms with E-state index in [2.05, 4.69) is 10.3 Å². The molecule has 18 heavy (non-hydrogen) atoms. The first-order chi connectivity index (χ1) is 8.58. The average Bonchev–Trinajstić information content (AvgIpc) is 2.85. The molecule has 0 aliphatic carbocycles. The van der Waals surface area contributed by atoms with Gasteiger partial charge in [0.1, 0.15) is 11.6 Å². The van der Waals surface area contributed by atoms with Crippen molar-refractivity contribution < 1.29 is 4.79 Å². The number of hydrogen-bond acceptors (Lipinski definition) is 4. The molecule has 1 aromatic heterocycles. The third-order valence-corrected chi connectivity index (χ3v) is 3.41. The molecule has 2 heterocycles. The second kappa shape index (κ2) is 5.63. The van der Waals surface area contributed by atoms with E-state index in [1.165, 1.54) is 6.07 Å². The van der Waals surface area contributed by atoms with Crippen molar-refractivity contribution in [1.29, 1.82) is 0 Å². The Labute approximate surface area is 115 Å². The number of nitrogen functional groups attached to an aromatic ring is 1. The van der Waals surface area contributed by atoms with E-state index in [-0.39, 0.29) is 18.3 Å². The van der Waals surface area contributed by atoms with Gasteiger partial charge in [-0.15, -0.1) is 0 Å². The molecule has 3 N–H and O–H groups in total. The first-order valence-corrected chi connectivity index (χ1v) is 6.46. The van der Waals surface area contributed by atoms with E-state index >= 15 is 0 Å². The molecule has 2 rings (SSSR count). The molecule has 0 atom stereocenters. The number of aromatic nitrogens is 1. The molecule has 0 bridgehead atoms. The van der Waals surface area contributed by atoms with Gasteiger partial charge >= 0.3 is 0 Å². The van der Waals surface area contributed by atoms with E-state index in [1.807, 2.05) is 4.90 Å². The monoisotopic (exact) mass is 288 g/mol. The number of rotatable bonds is 3. The zero-order valence-corrected chi connectivity index (χ0v) is 11.3. The molecule has 0 radical (unpaired) electrons. The lowest BCUT2D eigenvalue weighted by molar-refractivity contribution is -0.128. The van der Waals surface area contributed by atoms with Crippen molar-refractivity contribution in [2.24, 2.45) is 0 Å². The fourth-order valence-corrected chi connectivity index (χ4v) is 2.27. The molecular weight excluding hydrogens is 275 g/mol. The normalized spacial score (nSPS) is 14.9. The topological polar surface area (TPSA) is 71.2 Å². The van der Waals surface area contributed by atoms with Gasteiger partial charge in [0.05, 0.1) is 16.6 Å². The van der Waals surface area contributed by atoms with Gasteiger partial charge in [-0.05, 0) is 18.9 Å². The summed E-state index contributed by atoms with van der Waals surface area (Å²) in [7, 11) is 0. The Morgan fingerprint density at radius 2 is 2.06 bits per heavy atom. The molecule has 5 nitrogen and oxygen atoms in total. The van der Waals surface area contributed by atoms with Gasteiger partial charge in [-0.25, -0.2) is 4.98 Å². The Morgan fingerprint density at radius 1 is 1.39 bits per heavy atom. The maximum absolute atomic E-state index is 11.8. The van der Waals surface area contributed by atoms with Crippen LogP contribution in [0.1, 0.15) is 12.8 Å². The van der Waals surface area contributed by atoms with E-state index in [9.17, 15) is 4.79 Å². The summed E-state index contributed by atoms with van der Waals surface area (Å²) in [6.07, 6.45) is 2.14. The van der Waals surface area contributed by atoms with Gasteiger partial charge in [-0.3, -0.25) is 4.79 Å². The van der Waals surface area contributed by atoms with Crippen molar-refractivity contribution in [3.05, 3.63) is 16.1 Å². The zero-order chi connectivity index (χ0) is 13.1. The average molecular weight is 289 g/mol. The summed E-state index contributed by atoms with van der Waals surface area (Å²) in [6.45, 7) is 1.81. The summed E-state index contributed by atoms with van der Waals surface area (Å²) in [5.74, 6) is 0.613. The van der Waals surface area contributed by atoms with Crippen molar-refractivity contribution in [3.8, 4) is 0 Å². The Hall–Kier alpha value is -1.20. The van der Waals surface area contributed by atoms with Crippen LogP contribution in [0.2, 0.25) is 10.0 Å². The quantitative estimate of drug-likeness (QED) is 0.893. The maximum Gasteiger partial charge on any atom is 0.241 e. The van der Waals surface area contributed by atoms with Crippen LogP contribution in [-0.4, -0.2) is 35.4 Å². The fourth-order valence-electron chi connectivity index (χ4n) is 1.84. The third-order valence-electron chi connectivity index (χ3n) is 2.82. The van der Waals surface area contributed by atoms with Crippen LogP contribution in [0.25, 0.3) is 0 Å². The highest BCUT2D eigenvalue weighted by Crippen LogP contribution is 2.27. The van der Waals surface area contributed by atoms with Crippen LogP contribution >= 0.6 is 23.2 Å². The first kappa shape index (κ1) is 13.2. The molecule has 1 aliphatic heterocycles. The van der Waals surface area contributed by atoms with Gasteiger partial charge in [0.15, 0.2) is 0 Å². The van der Waals surface area contributed by atoms with Crippen molar-refractivity contribution in [3.63, 3.8) is 0 Å². The maximum atomic E-state index is 11.8. The van der Waals surface area contributed by atoms with E-state index in [1.54, 1.807) is 0 Å². The molecule has 1 aliphatic rings. The minimum absolute atomic E-state index is 0.0406. The van der Waals surface area contributed by atoms with E-state index < -0.39 is 0 Å². The molecular formula is C11H14Cl2N4O. The van der Waals surface area contributed by atoms with Crippen molar-refractivity contribution in [2.75, 3.05) is 30.7 Å². The number of nitrogens with one attached hydrogen (secondary N) is 1. The summed E-state index contributed by atoms with van der Waals surface area (Å²) in [6, 6.07) is 1.51. The van der Waals surface area contributed by atoms with Gasteiger partial charge < -0.3 is 16.0 Å². The highest BCUT2D eigenvalue weighted by atomic mass is 35.5. The smallest absolute Gasteiger partial charge is 0.241 e. The zero-order valence-electron chi connectivity index (χ0n) is 9.75. The SMILES string of the molecule is Nc1nc(NCC(=O)N2CCCC2)c(Cl)cc1Cl. The van der Waals surface area contributed by atoms with Crippen molar-refractivity contribution in [1.82, 2.24) is 9.88 Å². The van der Waals surface area contributed by atoms with Crippen LogP contribution < -0.4 is 11.1 Å². The number of likely N-dealkylation sites (tertiary alicyclic amines) is 1. The number of amides is 1. The Balaban J connectivity index is 1.97. The summed E-state index contributed by atoms with van der Waals surface area (Å²) < 4.78 is 0. The van der Waals surface area contributed by atoms with Gasteiger partial charge in [0.25, 0.3) is 0 Å². The summed E-state index contributed by atoms with van der Waals surface area (Å²) in [4.78, 5) is 17.6. The fraction of sp³-hybridized carbons (Fsp3) is 0.455. The molecule has 1 amide bonds. The predicted octanol–water partition coefficient (Wildman–Crippen LogP) is 2.00. The van der Waals surface area contributed by atoms with Gasteiger partial charge in [0.2, 0.25) is 5.91 Å². The molecule has 1 saturated heterocycles. The second-order valence-electron chi connectivity index (χ2n) is 4.13. The number of carbonyl (C=O) groups is 1. The van der Waals surface area contributed by atoms with E-state index in [0.29, 0.717) is 15.9 Å². The number of nitrogens with zero attached hydrogens (tertiary/aromatic N) is 2. The van der Waals surface area contributed by atoms with Gasteiger partial charge in [0, 0.05) is 13.1 Å². The highest BCUT2D eigenvalue weighted by Gasteiger charge is 2.18. The molecule has 0 spiro atoms. The molecule has 7 heteroatoms.